The summed E-state index contributed by atoms with van der Waals surface area (Å²) in [4.78, 5) is 11.6. The third kappa shape index (κ3) is 1.71. The van der Waals surface area contributed by atoms with Gasteiger partial charge in [-0.25, -0.2) is 4.79 Å². The van der Waals surface area contributed by atoms with Crippen LogP contribution in [-0.2, 0) is 14.3 Å². The average Bonchev–Trinajstić information content (AvgIpc) is 2.73. The Morgan fingerprint density at radius 1 is 1.62 bits per heavy atom. The van der Waals surface area contributed by atoms with Gasteiger partial charge in [0.15, 0.2) is 0 Å². The molecule has 0 saturated heterocycles. The Kier molecular flexibility index (Phi) is 3.19. The monoisotopic (exact) mass is 226 g/mol. The van der Waals surface area contributed by atoms with Crippen LogP contribution in [0.1, 0.15) is 19.8 Å². The van der Waals surface area contributed by atoms with Crippen molar-refractivity contribution in [2.24, 2.45) is 17.8 Å². The third-order valence-electron chi connectivity index (χ3n) is 3.86. The van der Waals surface area contributed by atoms with E-state index < -0.39 is 0 Å². The summed E-state index contributed by atoms with van der Waals surface area (Å²) in [5, 5.41) is 9.31. The zero-order valence-corrected chi connectivity index (χ0v) is 9.68. The van der Waals surface area contributed by atoms with Gasteiger partial charge in [0.1, 0.15) is 0 Å². The summed E-state index contributed by atoms with van der Waals surface area (Å²) in [5.41, 5.74) is 0.626. The maximum Gasteiger partial charge on any atom is 0.337 e. The third-order valence-corrected chi connectivity index (χ3v) is 3.86. The molecule has 1 aliphatic carbocycles. The summed E-state index contributed by atoms with van der Waals surface area (Å²) in [6, 6.07) is 0. The second-order valence-electron chi connectivity index (χ2n) is 4.61. The number of hydrogen-bond donors (Lipinski definition) is 1. The van der Waals surface area contributed by atoms with Crippen LogP contribution in [0.25, 0.3) is 0 Å². The van der Waals surface area contributed by atoms with Gasteiger partial charge in [-0.1, -0.05) is 0 Å². The molecule has 1 fully saturated rings. The number of rotatable bonds is 2. The smallest absolute Gasteiger partial charge is 0.337 e. The lowest BCUT2D eigenvalue weighted by molar-refractivity contribution is -0.138. The number of carbonyl (C=O) groups excluding carboxylic acids is 1. The van der Waals surface area contributed by atoms with Crippen LogP contribution in [0, 0.1) is 17.8 Å². The molecule has 1 unspecified atom stereocenters. The van der Waals surface area contributed by atoms with Crippen molar-refractivity contribution in [1.82, 2.24) is 0 Å². The first kappa shape index (κ1) is 11.5. The quantitative estimate of drug-likeness (QED) is 0.716. The van der Waals surface area contributed by atoms with Crippen LogP contribution >= 0.6 is 0 Å². The Morgan fingerprint density at radius 3 is 3.00 bits per heavy atom. The molecule has 0 aromatic carbocycles. The zero-order chi connectivity index (χ0) is 11.7. The highest BCUT2D eigenvalue weighted by atomic mass is 16.5. The average molecular weight is 226 g/mol. The summed E-state index contributed by atoms with van der Waals surface area (Å²) in [5.74, 6) is 0.367. The summed E-state index contributed by atoms with van der Waals surface area (Å²) in [6.45, 7) is 2.17. The first-order valence-corrected chi connectivity index (χ1v) is 5.73. The number of hydrogen-bond acceptors (Lipinski definition) is 4. The molecule has 4 nitrogen and oxygen atoms in total. The predicted molar refractivity (Wildman–Crippen MR) is 57.4 cm³/mol. The van der Waals surface area contributed by atoms with Crippen LogP contribution in [0.15, 0.2) is 11.8 Å². The minimum atomic E-state index is -0.305. The second-order valence-corrected chi connectivity index (χ2v) is 4.61. The molecule has 0 bridgehead atoms. The molecule has 0 radical (unpaired) electrons. The van der Waals surface area contributed by atoms with Crippen molar-refractivity contribution >= 4 is 5.97 Å². The van der Waals surface area contributed by atoms with E-state index in [2.05, 4.69) is 0 Å². The predicted octanol–water partition coefficient (Wildman–Crippen LogP) is 1.10. The fraction of sp³-hybridized carbons (Fsp3) is 0.750. The number of esters is 1. The van der Waals surface area contributed by atoms with E-state index in [0.717, 1.165) is 12.8 Å². The molecule has 0 spiro atoms. The summed E-state index contributed by atoms with van der Waals surface area (Å²) < 4.78 is 10.2. The van der Waals surface area contributed by atoms with E-state index >= 15 is 0 Å². The first-order chi connectivity index (χ1) is 7.69. The van der Waals surface area contributed by atoms with Gasteiger partial charge in [-0.05, 0) is 25.7 Å². The van der Waals surface area contributed by atoms with Crippen molar-refractivity contribution in [2.45, 2.75) is 25.9 Å². The number of aliphatic hydroxyl groups is 1. The fourth-order valence-electron chi connectivity index (χ4n) is 3.07. The van der Waals surface area contributed by atoms with Crippen molar-refractivity contribution < 1.29 is 19.4 Å². The van der Waals surface area contributed by atoms with Gasteiger partial charge >= 0.3 is 5.97 Å². The van der Waals surface area contributed by atoms with E-state index in [0.29, 0.717) is 5.57 Å². The highest BCUT2D eigenvalue weighted by Crippen LogP contribution is 2.46. The van der Waals surface area contributed by atoms with Crippen molar-refractivity contribution in [2.75, 3.05) is 13.7 Å². The normalized spacial score (nSPS) is 37.3. The molecule has 0 amide bonds. The Morgan fingerprint density at radius 2 is 2.38 bits per heavy atom. The molecule has 4 atom stereocenters. The maximum atomic E-state index is 11.6. The van der Waals surface area contributed by atoms with Crippen LogP contribution in [-0.4, -0.2) is 30.9 Å². The van der Waals surface area contributed by atoms with Crippen LogP contribution in [0.4, 0.5) is 0 Å². The number of fused-ring (bicyclic) bond motifs is 1. The Labute approximate surface area is 95.2 Å². The number of carbonyl (C=O) groups is 1. The van der Waals surface area contributed by atoms with Gasteiger partial charge in [0.25, 0.3) is 0 Å². The lowest BCUT2D eigenvalue weighted by atomic mass is 9.80. The molecule has 2 rings (SSSR count). The molecule has 0 aromatic heterocycles. The molecule has 1 aliphatic heterocycles. The van der Waals surface area contributed by atoms with Crippen LogP contribution in [0.2, 0.25) is 0 Å². The largest absolute Gasteiger partial charge is 0.497 e. The van der Waals surface area contributed by atoms with Crippen molar-refractivity contribution in [3.63, 3.8) is 0 Å². The molecular weight excluding hydrogens is 208 g/mol. The molecular formula is C12H18O4. The SMILES string of the molecule is COC(=O)C1=CO[C@@H](C)[C@@H]2C(CO)CC[C@H]12. The van der Waals surface area contributed by atoms with Gasteiger partial charge < -0.3 is 14.6 Å². The lowest BCUT2D eigenvalue weighted by Crippen LogP contribution is -2.35. The van der Waals surface area contributed by atoms with E-state index in [4.69, 9.17) is 9.47 Å². The van der Waals surface area contributed by atoms with Gasteiger partial charge in [-0.2, -0.15) is 0 Å². The Bertz CT molecular complexity index is 310. The van der Waals surface area contributed by atoms with Crippen molar-refractivity contribution in [3.8, 4) is 0 Å². The molecule has 16 heavy (non-hydrogen) atoms. The number of methoxy groups -OCH3 is 1. The summed E-state index contributed by atoms with van der Waals surface area (Å²) in [6.07, 6.45) is 3.49. The second kappa shape index (κ2) is 4.45. The van der Waals surface area contributed by atoms with Crippen molar-refractivity contribution in [1.29, 1.82) is 0 Å². The molecule has 1 heterocycles. The molecule has 90 valence electrons. The molecule has 0 aromatic rings. The van der Waals surface area contributed by atoms with Gasteiger partial charge in [0, 0.05) is 18.4 Å². The van der Waals surface area contributed by atoms with Crippen LogP contribution in [0.3, 0.4) is 0 Å². The highest BCUT2D eigenvalue weighted by molar-refractivity contribution is 5.89. The highest BCUT2D eigenvalue weighted by Gasteiger charge is 2.45. The van der Waals surface area contributed by atoms with E-state index in [9.17, 15) is 9.90 Å². The maximum absolute atomic E-state index is 11.6. The minimum absolute atomic E-state index is 0.0676. The Hall–Kier alpha value is -1.03. The number of ether oxygens (including phenoxy) is 2. The van der Waals surface area contributed by atoms with Crippen LogP contribution in [0.5, 0.6) is 0 Å². The standard InChI is InChI=1S/C12H18O4/c1-7-11-8(5-13)3-4-9(11)10(6-16-7)12(14)15-2/h6-9,11,13H,3-5H2,1-2H3/t7-,8?,9+,11+/m0/s1. The molecule has 4 heteroatoms. The van der Waals surface area contributed by atoms with Gasteiger partial charge in [0.05, 0.1) is 25.0 Å². The van der Waals surface area contributed by atoms with E-state index in [1.807, 2.05) is 6.92 Å². The number of aliphatic hydroxyl groups excluding tert-OH is 1. The fourth-order valence-corrected chi connectivity index (χ4v) is 3.07. The Balaban J connectivity index is 2.23. The minimum Gasteiger partial charge on any atom is -0.497 e. The van der Waals surface area contributed by atoms with Crippen molar-refractivity contribution in [3.05, 3.63) is 11.8 Å². The topological polar surface area (TPSA) is 55.8 Å². The van der Waals surface area contributed by atoms with E-state index in [-0.39, 0.29) is 36.4 Å². The van der Waals surface area contributed by atoms with E-state index in [1.54, 1.807) is 0 Å². The van der Waals surface area contributed by atoms with Gasteiger partial charge in [0.2, 0.25) is 0 Å². The molecule has 2 aliphatic rings. The molecule has 1 saturated carbocycles. The summed E-state index contributed by atoms with van der Waals surface area (Å²) in [7, 11) is 1.38. The van der Waals surface area contributed by atoms with Gasteiger partial charge in [-0.3, -0.25) is 0 Å². The lowest BCUT2D eigenvalue weighted by Gasteiger charge is -2.33. The molecule has 1 N–H and O–H groups in total. The zero-order valence-electron chi connectivity index (χ0n) is 9.68. The first-order valence-electron chi connectivity index (χ1n) is 5.73. The van der Waals surface area contributed by atoms with Gasteiger partial charge in [-0.15, -0.1) is 0 Å². The van der Waals surface area contributed by atoms with E-state index in [1.165, 1.54) is 13.4 Å². The summed E-state index contributed by atoms with van der Waals surface area (Å²) >= 11 is 0. The van der Waals surface area contributed by atoms with Crippen LogP contribution < -0.4 is 0 Å².